The van der Waals surface area contributed by atoms with E-state index in [4.69, 9.17) is 9.84 Å². The van der Waals surface area contributed by atoms with E-state index in [1.807, 2.05) is 59.3 Å². The molecule has 6 nitrogen and oxygen atoms in total. The van der Waals surface area contributed by atoms with E-state index in [-0.39, 0.29) is 5.75 Å². The summed E-state index contributed by atoms with van der Waals surface area (Å²) in [6.07, 6.45) is 6.88. The van der Waals surface area contributed by atoms with Crippen LogP contribution in [0, 0.1) is 12.7 Å². The standard InChI is InChI=1S/C25H28FN5O/c1-18-7-5-6-8-23(18)31-17-21(16-29(2)12-11-19-14-27-30(3)15-19)25(28-31)20-9-10-24(32-4)22(26)13-20/h5-10,13-15,17H,11-12,16H2,1-4H3. The summed E-state index contributed by atoms with van der Waals surface area (Å²) in [6, 6.07) is 13.1. The Hall–Kier alpha value is -3.45. The van der Waals surface area contributed by atoms with E-state index in [2.05, 4.69) is 30.0 Å². The van der Waals surface area contributed by atoms with Crippen molar-refractivity contribution in [3.63, 3.8) is 0 Å². The molecule has 0 spiro atoms. The zero-order valence-corrected chi connectivity index (χ0v) is 18.9. The summed E-state index contributed by atoms with van der Waals surface area (Å²) < 4.78 is 23.2. The fourth-order valence-corrected chi connectivity index (χ4v) is 3.82. The van der Waals surface area contributed by atoms with Crippen LogP contribution >= 0.6 is 0 Å². The summed E-state index contributed by atoms with van der Waals surface area (Å²) >= 11 is 0. The molecule has 0 saturated carbocycles. The molecule has 4 aromatic rings. The molecule has 0 N–H and O–H groups in total. The van der Waals surface area contributed by atoms with Gasteiger partial charge in [0.2, 0.25) is 0 Å². The first-order valence-electron chi connectivity index (χ1n) is 10.6. The van der Waals surface area contributed by atoms with Gasteiger partial charge in [-0.15, -0.1) is 0 Å². The Morgan fingerprint density at radius 2 is 1.94 bits per heavy atom. The van der Waals surface area contributed by atoms with Crippen molar-refractivity contribution in [2.45, 2.75) is 19.9 Å². The van der Waals surface area contributed by atoms with Crippen LogP contribution in [0.5, 0.6) is 5.75 Å². The Kier molecular flexibility index (Phi) is 6.37. The van der Waals surface area contributed by atoms with Gasteiger partial charge in [0.05, 0.1) is 24.7 Å². The predicted octanol–water partition coefficient (Wildman–Crippen LogP) is 4.40. The van der Waals surface area contributed by atoms with Gasteiger partial charge in [0.15, 0.2) is 11.6 Å². The fraction of sp³-hybridized carbons (Fsp3) is 0.280. The van der Waals surface area contributed by atoms with Crippen LogP contribution in [0.3, 0.4) is 0 Å². The molecule has 7 heteroatoms. The molecular weight excluding hydrogens is 405 g/mol. The van der Waals surface area contributed by atoms with Gasteiger partial charge in [0.1, 0.15) is 0 Å². The van der Waals surface area contributed by atoms with Gasteiger partial charge in [-0.1, -0.05) is 18.2 Å². The lowest BCUT2D eigenvalue weighted by Gasteiger charge is -2.16. The molecule has 0 fully saturated rings. The number of hydrogen-bond donors (Lipinski definition) is 0. The average molecular weight is 434 g/mol. The Balaban J connectivity index is 1.64. The van der Waals surface area contributed by atoms with Crippen molar-refractivity contribution in [2.24, 2.45) is 7.05 Å². The third kappa shape index (κ3) is 4.73. The number of hydrogen-bond acceptors (Lipinski definition) is 4. The summed E-state index contributed by atoms with van der Waals surface area (Å²) in [5, 5.41) is 9.09. The van der Waals surface area contributed by atoms with Crippen LogP contribution < -0.4 is 4.74 Å². The maximum atomic E-state index is 14.5. The molecule has 0 amide bonds. The molecule has 0 radical (unpaired) electrons. The predicted molar refractivity (Wildman–Crippen MR) is 123 cm³/mol. The Bertz CT molecular complexity index is 1210. The average Bonchev–Trinajstić information content (AvgIpc) is 3.38. The zero-order chi connectivity index (χ0) is 22.7. The molecule has 4 rings (SSSR count). The molecule has 32 heavy (non-hydrogen) atoms. The number of rotatable bonds is 8. The fourth-order valence-electron chi connectivity index (χ4n) is 3.82. The van der Waals surface area contributed by atoms with Crippen molar-refractivity contribution in [3.05, 3.63) is 83.6 Å². The molecule has 2 aromatic heterocycles. The lowest BCUT2D eigenvalue weighted by molar-refractivity contribution is 0.331. The van der Waals surface area contributed by atoms with Crippen molar-refractivity contribution >= 4 is 0 Å². The van der Waals surface area contributed by atoms with Crippen LogP contribution in [0.2, 0.25) is 0 Å². The van der Waals surface area contributed by atoms with E-state index >= 15 is 0 Å². The summed E-state index contributed by atoms with van der Waals surface area (Å²) in [7, 11) is 5.47. The van der Waals surface area contributed by atoms with Gasteiger partial charge in [-0.05, 0) is 55.8 Å². The quantitative estimate of drug-likeness (QED) is 0.413. The van der Waals surface area contributed by atoms with Crippen LogP contribution in [-0.4, -0.2) is 45.2 Å². The lowest BCUT2D eigenvalue weighted by Crippen LogP contribution is -2.20. The summed E-state index contributed by atoms with van der Waals surface area (Å²) in [6.45, 7) is 3.62. The summed E-state index contributed by atoms with van der Waals surface area (Å²) in [4.78, 5) is 2.25. The zero-order valence-electron chi connectivity index (χ0n) is 18.9. The van der Waals surface area contributed by atoms with Gasteiger partial charge in [0.25, 0.3) is 0 Å². The third-order valence-electron chi connectivity index (χ3n) is 5.56. The Morgan fingerprint density at radius 3 is 2.62 bits per heavy atom. The number of nitrogens with zero attached hydrogens (tertiary/aromatic N) is 5. The number of aromatic nitrogens is 4. The van der Waals surface area contributed by atoms with Crippen LogP contribution in [0.25, 0.3) is 16.9 Å². The maximum Gasteiger partial charge on any atom is 0.165 e. The van der Waals surface area contributed by atoms with Gasteiger partial charge >= 0.3 is 0 Å². The first kappa shape index (κ1) is 21.8. The van der Waals surface area contributed by atoms with Crippen molar-refractivity contribution in [1.29, 1.82) is 0 Å². The minimum absolute atomic E-state index is 0.224. The molecule has 0 bridgehead atoms. The SMILES string of the molecule is COc1ccc(-c2nn(-c3ccccc3C)cc2CN(C)CCc2cnn(C)c2)cc1F. The Morgan fingerprint density at radius 1 is 1.12 bits per heavy atom. The second kappa shape index (κ2) is 9.36. The van der Waals surface area contributed by atoms with Crippen molar-refractivity contribution in [3.8, 4) is 22.7 Å². The highest BCUT2D eigenvalue weighted by Gasteiger charge is 2.17. The highest BCUT2D eigenvalue weighted by atomic mass is 19.1. The maximum absolute atomic E-state index is 14.5. The van der Waals surface area contributed by atoms with Gasteiger partial charge in [-0.25, -0.2) is 9.07 Å². The van der Waals surface area contributed by atoms with Crippen molar-refractivity contribution < 1.29 is 9.13 Å². The molecule has 0 saturated heterocycles. The molecular formula is C25H28FN5O. The smallest absolute Gasteiger partial charge is 0.165 e. The van der Waals surface area contributed by atoms with E-state index in [9.17, 15) is 4.39 Å². The van der Waals surface area contributed by atoms with Gasteiger partial charge in [0, 0.05) is 43.7 Å². The highest BCUT2D eigenvalue weighted by molar-refractivity contribution is 5.64. The minimum Gasteiger partial charge on any atom is -0.494 e. The third-order valence-corrected chi connectivity index (χ3v) is 5.56. The summed E-state index contributed by atoms with van der Waals surface area (Å²) in [5.74, 6) is -0.173. The molecule has 0 aliphatic heterocycles. The normalized spacial score (nSPS) is 11.3. The van der Waals surface area contributed by atoms with Gasteiger partial charge < -0.3 is 9.64 Å². The number of benzene rings is 2. The molecule has 2 heterocycles. The number of para-hydroxylation sites is 1. The largest absolute Gasteiger partial charge is 0.494 e. The monoisotopic (exact) mass is 433 g/mol. The van der Waals surface area contributed by atoms with Crippen LogP contribution in [0.15, 0.2) is 61.1 Å². The number of methoxy groups -OCH3 is 1. The molecule has 166 valence electrons. The van der Waals surface area contributed by atoms with Crippen molar-refractivity contribution in [2.75, 3.05) is 20.7 Å². The van der Waals surface area contributed by atoms with E-state index in [1.54, 1.807) is 6.07 Å². The molecule has 0 atom stereocenters. The number of ether oxygens (including phenoxy) is 1. The molecule has 2 aromatic carbocycles. The topological polar surface area (TPSA) is 48.1 Å². The number of likely N-dealkylation sites (N-methyl/N-ethyl adjacent to an activating group) is 1. The number of halogens is 1. The Labute approximate surface area is 187 Å². The lowest BCUT2D eigenvalue weighted by atomic mass is 10.1. The van der Waals surface area contributed by atoms with Gasteiger partial charge in [-0.3, -0.25) is 4.68 Å². The van der Waals surface area contributed by atoms with Crippen LogP contribution in [0.4, 0.5) is 4.39 Å². The van der Waals surface area contributed by atoms with E-state index in [0.717, 1.165) is 41.0 Å². The minimum atomic E-state index is -0.397. The van der Waals surface area contributed by atoms with E-state index in [1.165, 1.54) is 18.7 Å². The molecule has 0 aliphatic carbocycles. The van der Waals surface area contributed by atoms with Gasteiger partial charge in [-0.2, -0.15) is 10.2 Å². The molecule has 0 unspecified atom stereocenters. The second-order valence-electron chi connectivity index (χ2n) is 8.09. The second-order valence-corrected chi connectivity index (χ2v) is 8.09. The van der Waals surface area contributed by atoms with Crippen molar-refractivity contribution in [1.82, 2.24) is 24.5 Å². The van der Waals surface area contributed by atoms with Crippen LogP contribution in [-0.2, 0) is 20.0 Å². The molecule has 0 aliphatic rings. The summed E-state index contributed by atoms with van der Waals surface area (Å²) in [5.41, 5.74) is 5.86. The first-order valence-corrected chi connectivity index (χ1v) is 10.6. The first-order chi connectivity index (χ1) is 15.4. The number of aryl methyl sites for hydroxylation is 2. The van der Waals surface area contributed by atoms with Crippen LogP contribution in [0.1, 0.15) is 16.7 Å². The van der Waals surface area contributed by atoms with E-state index in [0.29, 0.717) is 6.54 Å². The highest BCUT2D eigenvalue weighted by Crippen LogP contribution is 2.29. The van der Waals surface area contributed by atoms with E-state index < -0.39 is 5.82 Å².